The fourth-order valence-corrected chi connectivity index (χ4v) is 5.00. The van der Waals surface area contributed by atoms with Crippen LogP contribution < -0.4 is 0 Å². The largest absolute Gasteiger partial charge is 0.458 e. The predicted octanol–water partition coefficient (Wildman–Crippen LogP) is 4.44. The van der Waals surface area contributed by atoms with Gasteiger partial charge in [-0.3, -0.25) is 4.79 Å². The van der Waals surface area contributed by atoms with E-state index in [2.05, 4.69) is 4.90 Å². The SMILES string of the molecule is O=C(c1ccc(C2=C(Cc3ccccc3)OCO2)cc1F)N1CCCC1CN1CCCC1. The Bertz CT molecular complexity index is 1000. The fourth-order valence-electron chi connectivity index (χ4n) is 5.00. The van der Waals surface area contributed by atoms with Crippen molar-refractivity contribution in [2.24, 2.45) is 0 Å². The number of likely N-dealkylation sites (tertiary alicyclic amines) is 2. The van der Waals surface area contributed by atoms with Crippen LogP contribution in [0.2, 0.25) is 0 Å². The smallest absolute Gasteiger partial charge is 0.257 e. The molecule has 1 atom stereocenters. The van der Waals surface area contributed by atoms with Crippen molar-refractivity contribution < 1.29 is 18.7 Å². The van der Waals surface area contributed by atoms with Gasteiger partial charge in [-0.25, -0.2) is 4.39 Å². The monoisotopic (exact) mass is 436 g/mol. The number of amides is 1. The van der Waals surface area contributed by atoms with E-state index >= 15 is 4.39 Å². The molecule has 0 saturated carbocycles. The second-order valence-electron chi connectivity index (χ2n) is 8.82. The van der Waals surface area contributed by atoms with Crippen molar-refractivity contribution in [3.05, 3.63) is 76.8 Å². The maximum absolute atomic E-state index is 15.1. The number of halogens is 1. The molecule has 3 aliphatic heterocycles. The fraction of sp³-hybridized carbons (Fsp3) is 0.423. The molecule has 2 saturated heterocycles. The zero-order valence-electron chi connectivity index (χ0n) is 18.3. The van der Waals surface area contributed by atoms with Crippen molar-refractivity contribution in [3.8, 4) is 0 Å². The van der Waals surface area contributed by atoms with Crippen molar-refractivity contribution >= 4 is 11.7 Å². The Balaban J connectivity index is 1.33. The van der Waals surface area contributed by atoms with Crippen LogP contribution >= 0.6 is 0 Å². The summed E-state index contributed by atoms with van der Waals surface area (Å²) in [6.07, 6.45) is 4.99. The first-order valence-electron chi connectivity index (χ1n) is 11.5. The van der Waals surface area contributed by atoms with Crippen LogP contribution in [-0.2, 0) is 15.9 Å². The van der Waals surface area contributed by atoms with Gasteiger partial charge in [0.15, 0.2) is 5.76 Å². The second-order valence-corrected chi connectivity index (χ2v) is 8.82. The molecule has 5 rings (SSSR count). The van der Waals surface area contributed by atoms with Gasteiger partial charge in [0.1, 0.15) is 11.6 Å². The molecule has 32 heavy (non-hydrogen) atoms. The van der Waals surface area contributed by atoms with Crippen molar-refractivity contribution in [2.75, 3.05) is 33.0 Å². The highest BCUT2D eigenvalue weighted by atomic mass is 19.1. The van der Waals surface area contributed by atoms with Gasteiger partial charge in [-0.05, 0) is 56.5 Å². The van der Waals surface area contributed by atoms with Crippen molar-refractivity contribution in [2.45, 2.75) is 38.1 Å². The average molecular weight is 437 g/mol. The van der Waals surface area contributed by atoms with Gasteiger partial charge in [-0.15, -0.1) is 0 Å². The number of hydrogen-bond donors (Lipinski definition) is 0. The third kappa shape index (κ3) is 4.37. The van der Waals surface area contributed by atoms with E-state index in [9.17, 15) is 4.79 Å². The standard InChI is InChI=1S/C26H29FN2O3/c27-23-16-20(25-24(31-18-32-25)15-19-7-2-1-3-8-19)10-11-22(23)26(30)29-14-6-9-21(29)17-28-12-4-5-13-28/h1-3,7-8,10-11,16,21H,4-6,9,12-15,17-18H2. The summed E-state index contributed by atoms with van der Waals surface area (Å²) >= 11 is 0. The van der Waals surface area contributed by atoms with Crippen LogP contribution in [0.3, 0.4) is 0 Å². The summed E-state index contributed by atoms with van der Waals surface area (Å²) in [5.74, 6) is 0.499. The van der Waals surface area contributed by atoms with Gasteiger partial charge in [-0.1, -0.05) is 36.4 Å². The van der Waals surface area contributed by atoms with E-state index in [1.165, 1.54) is 18.9 Å². The Hall–Kier alpha value is -2.86. The van der Waals surface area contributed by atoms with Crippen LogP contribution in [0.15, 0.2) is 54.3 Å². The molecule has 3 heterocycles. The van der Waals surface area contributed by atoms with Crippen LogP contribution in [-0.4, -0.2) is 54.7 Å². The van der Waals surface area contributed by atoms with E-state index in [4.69, 9.17) is 9.47 Å². The summed E-state index contributed by atoms with van der Waals surface area (Å²) in [5, 5.41) is 0. The van der Waals surface area contributed by atoms with Crippen LogP contribution in [0.5, 0.6) is 0 Å². The van der Waals surface area contributed by atoms with E-state index in [-0.39, 0.29) is 24.3 Å². The van der Waals surface area contributed by atoms with Crippen LogP contribution in [0, 0.1) is 5.82 Å². The minimum Gasteiger partial charge on any atom is -0.458 e. The van der Waals surface area contributed by atoms with E-state index < -0.39 is 5.82 Å². The Morgan fingerprint density at radius 1 is 1.00 bits per heavy atom. The Labute approximate surface area is 188 Å². The van der Waals surface area contributed by atoms with Gasteiger partial charge in [0.05, 0.1) is 5.56 Å². The molecule has 0 bridgehead atoms. The summed E-state index contributed by atoms with van der Waals surface area (Å²) in [7, 11) is 0. The van der Waals surface area contributed by atoms with Crippen LogP contribution in [0.4, 0.5) is 4.39 Å². The molecular formula is C26H29FN2O3. The molecule has 2 aromatic carbocycles. The first-order valence-corrected chi connectivity index (χ1v) is 11.5. The molecular weight excluding hydrogens is 407 g/mol. The van der Waals surface area contributed by atoms with Crippen LogP contribution in [0.25, 0.3) is 5.76 Å². The first-order chi connectivity index (χ1) is 15.7. The highest BCUT2D eigenvalue weighted by molar-refractivity contribution is 5.95. The van der Waals surface area contributed by atoms with E-state index in [1.807, 2.05) is 35.2 Å². The van der Waals surface area contributed by atoms with Gasteiger partial charge in [0.2, 0.25) is 6.79 Å². The molecule has 0 N–H and O–H groups in total. The van der Waals surface area contributed by atoms with Gasteiger partial charge >= 0.3 is 0 Å². The molecule has 0 aliphatic carbocycles. The van der Waals surface area contributed by atoms with Crippen LogP contribution in [0.1, 0.15) is 47.2 Å². The topological polar surface area (TPSA) is 42.0 Å². The number of benzene rings is 2. The normalized spacial score (nSPS) is 21.2. The van der Waals surface area contributed by atoms with E-state index in [1.54, 1.807) is 12.1 Å². The number of allylic oxidation sites excluding steroid dienone is 1. The van der Waals surface area contributed by atoms with Crippen molar-refractivity contribution in [1.82, 2.24) is 9.80 Å². The van der Waals surface area contributed by atoms with Gasteiger partial charge in [0, 0.05) is 31.1 Å². The van der Waals surface area contributed by atoms with Crippen molar-refractivity contribution in [1.29, 1.82) is 0 Å². The number of ether oxygens (including phenoxy) is 2. The molecule has 6 heteroatoms. The summed E-state index contributed by atoms with van der Waals surface area (Å²) in [4.78, 5) is 17.5. The minimum atomic E-state index is -0.513. The molecule has 5 nitrogen and oxygen atoms in total. The molecule has 1 amide bonds. The molecule has 1 unspecified atom stereocenters. The summed E-state index contributed by atoms with van der Waals surface area (Å²) in [5.41, 5.74) is 1.82. The zero-order valence-corrected chi connectivity index (χ0v) is 18.3. The molecule has 168 valence electrons. The molecule has 0 radical (unpaired) electrons. The Morgan fingerprint density at radius 2 is 1.81 bits per heavy atom. The highest BCUT2D eigenvalue weighted by Crippen LogP contribution is 2.31. The number of hydrogen-bond acceptors (Lipinski definition) is 4. The lowest BCUT2D eigenvalue weighted by molar-refractivity contribution is 0.0703. The summed E-state index contributed by atoms with van der Waals surface area (Å²) in [6.45, 7) is 3.91. The van der Waals surface area contributed by atoms with Gasteiger partial charge in [0.25, 0.3) is 5.91 Å². The molecule has 0 spiro atoms. The van der Waals surface area contributed by atoms with Gasteiger partial charge in [-0.2, -0.15) is 0 Å². The third-order valence-corrected chi connectivity index (χ3v) is 6.66. The van der Waals surface area contributed by atoms with E-state index in [0.29, 0.717) is 30.0 Å². The average Bonchev–Trinajstić information content (AvgIpc) is 3.57. The molecule has 0 aromatic heterocycles. The number of carbonyl (C=O) groups excluding carboxylic acids is 1. The molecule has 2 aromatic rings. The van der Waals surface area contributed by atoms with Gasteiger partial charge < -0.3 is 19.3 Å². The van der Waals surface area contributed by atoms with E-state index in [0.717, 1.165) is 38.0 Å². The summed E-state index contributed by atoms with van der Waals surface area (Å²) < 4.78 is 26.4. The quantitative estimate of drug-likeness (QED) is 0.671. The number of rotatable bonds is 6. The molecule has 3 aliphatic rings. The summed E-state index contributed by atoms with van der Waals surface area (Å²) in [6, 6.07) is 14.9. The third-order valence-electron chi connectivity index (χ3n) is 6.66. The molecule has 2 fully saturated rings. The lowest BCUT2D eigenvalue weighted by Gasteiger charge is -2.28. The maximum Gasteiger partial charge on any atom is 0.257 e. The predicted molar refractivity (Wildman–Crippen MR) is 120 cm³/mol. The maximum atomic E-state index is 15.1. The number of nitrogens with zero attached hydrogens (tertiary/aromatic N) is 2. The Morgan fingerprint density at radius 3 is 2.59 bits per heavy atom. The lowest BCUT2D eigenvalue weighted by atomic mass is 10.0. The Kier molecular flexibility index (Phi) is 6.12. The van der Waals surface area contributed by atoms with Crippen molar-refractivity contribution in [3.63, 3.8) is 0 Å². The second kappa shape index (κ2) is 9.33. The number of carbonyl (C=O) groups is 1. The lowest BCUT2D eigenvalue weighted by Crippen LogP contribution is -2.42. The zero-order chi connectivity index (χ0) is 21.9. The highest BCUT2D eigenvalue weighted by Gasteiger charge is 2.33. The minimum absolute atomic E-state index is 0.117. The first kappa shape index (κ1) is 21.0.